The van der Waals surface area contributed by atoms with Crippen LogP contribution in [0.15, 0.2) is 0 Å². The van der Waals surface area contributed by atoms with Crippen LogP contribution in [0.2, 0.25) is 0 Å². The minimum atomic E-state index is -4.87. The van der Waals surface area contributed by atoms with Crippen molar-refractivity contribution in [3.63, 3.8) is 0 Å². The summed E-state index contributed by atoms with van der Waals surface area (Å²) in [4.78, 5) is 19.9. The van der Waals surface area contributed by atoms with Gasteiger partial charge >= 0.3 is 23.5 Å². The molecule has 0 unspecified atom stereocenters. The molecule has 0 amide bonds. The van der Waals surface area contributed by atoms with Gasteiger partial charge in [0.1, 0.15) is 5.78 Å². The number of rotatable bonds is 2. The van der Waals surface area contributed by atoms with Crippen molar-refractivity contribution in [1.29, 1.82) is 0 Å². The van der Waals surface area contributed by atoms with E-state index in [1.165, 1.54) is 0 Å². The van der Waals surface area contributed by atoms with Crippen molar-refractivity contribution in [2.45, 2.75) is 19.5 Å². The van der Waals surface area contributed by atoms with Crippen LogP contribution in [0.5, 0.6) is 0 Å². The van der Waals surface area contributed by atoms with Crippen LogP contribution < -0.4 is 0 Å². The molecule has 58 valence electrons. The van der Waals surface area contributed by atoms with Gasteiger partial charge in [0.25, 0.3) is 0 Å². The maximum Gasteiger partial charge on any atom is 3.00 e. The molecule has 0 aliphatic rings. The van der Waals surface area contributed by atoms with Crippen LogP contribution in [0.25, 0.3) is 0 Å². The first-order valence-electron chi connectivity index (χ1n) is 2.43. The maximum atomic E-state index is 11.3. The van der Waals surface area contributed by atoms with Crippen LogP contribution in [0.1, 0.15) is 13.3 Å². The fourth-order valence-corrected chi connectivity index (χ4v) is 0.326. The van der Waals surface area contributed by atoms with Gasteiger partial charge in [-0.15, -0.1) is 0 Å². The number of halogens is 3. The molecule has 0 aliphatic heterocycles. The van der Waals surface area contributed by atoms with Crippen molar-refractivity contribution in [3.8, 4) is 0 Å². The summed E-state index contributed by atoms with van der Waals surface area (Å²) in [7, 11) is 0. The quantitative estimate of drug-likeness (QED) is 0.464. The molecule has 0 bridgehead atoms. The van der Waals surface area contributed by atoms with Crippen LogP contribution >= 0.6 is 0 Å². The van der Waals surface area contributed by atoms with Gasteiger partial charge < -0.3 is 0 Å². The summed E-state index contributed by atoms with van der Waals surface area (Å²) in [6.45, 7) is 0.934. The first-order valence-corrected chi connectivity index (χ1v) is 2.43. The van der Waals surface area contributed by atoms with Gasteiger partial charge in [-0.3, -0.25) is 9.59 Å². The zero-order valence-electron chi connectivity index (χ0n) is 5.73. The average molecular weight is 181 g/mol. The number of Topliss-reactive ketones (excluding diaryl/α,β-unsaturated/α-hetero) is 2. The Hall–Kier alpha value is -0.338. The number of ketones is 2. The summed E-state index contributed by atoms with van der Waals surface area (Å²) in [6.07, 6.45) is -5.92. The molecule has 0 aromatic rings. The van der Waals surface area contributed by atoms with E-state index in [1.54, 1.807) is 0 Å². The zero-order valence-corrected chi connectivity index (χ0v) is 6.89. The summed E-state index contributed by atoms with van der Waals surface area (Å²) in [5, 5.41) is 0. The Kier molecular flexibility index (Phi) is 5.45. The monoisotopic (exact) mass is 181 g/mol. The first-order chi connectivity index (χ1) is 4.34. The van der Waals surface area contributed by atoms with E-state index in [9.17, 15) is 22.8 Å². The zero-order chi connectivity index (χ0) is 8.36. The van der Waals surface area contributed by atoms with Crippen LogP contribution in [0.3, 0.4) is 0 Å². The Morgan fingerprint density at radius 1 is 1.27 bits per heavy atom. The predicted molar refractivity (Wildman–Crippen MR) is 32.1 cm³/mol. The second-order valence-electron chi connectivity index (χ2n) is 1.80. The molecule has 0 rings (SSSR count). The summed E-state index contributed by atoms with van der Waals surface area (Å²) >= 11 is 0. The molecule has 0 aromatic carbocycles. The molecule has 0 heterocycles. The standard InChI is InChI=1S/C5H5F3O2.Al/c1-3(9)2-4(10)5(6,7)8;/h2H2,1H3;/q;+3. The van der Waals surface area contributed by atoms with E-state index in [2.05, 4.69) is 0 Å². The minimum Gasteiger partial charge on any atom is -0.300 e. The van der Waals surface area contributed by atoms with Crippen LogP contribution in [0, 0.1) is 0 Å². The molecule has 0 aliphatic carbocycles. The predicted octanol–water partition coefficient (Wildman–Crippen LogP) is 0.716. The van der Waals surface area contributed by atoms with Crippen molar-refractivity contribution in [2.75, 3.05) is 0 Å². The average Bonchev–Trinajstić information content (AvgIpc) is 1.60. The normalized spacial score (nSPS) is 10.2. The van der Waals surface area contributed by atoms with Gasteiger partial charge in [0, 0.05) is 0 Å². The molecule has 0 N–H and O–H groups in total. The third-order valence-electron chi connectivity index (χ3n) is 0.726. The molecule has 0 saturated carbocycles. The van der Waals surface area contributed by atoms with E-state index in [-0.39, 0.29) is 17.4 Å². The maximum absolute atomic E-state index is 11.3. The van der Waals surface area contributed by atoms with Crippen LogP contribution in [0.4, 0.5) is 13.2 Å². The van der Waals surface area contributed by atoms with Gasteiger partial charge in [-0.05, 0) is 6.92 Å². The van der Waals surface area contributed by atoms with Gasteiger partial charge in [-0.2, -0.15) is 13.2 Å². The third-order valence-corrected chi connectivity index (χ3v) is 0.726. The summed E-state index contributed by atoms with van der Waals surface area (Å²) in [5.74, 6) is -2.76. The van der Waals surface area contributed by atoms with E-state index in [4.69, 9.17) is 0 Å². The van der Waals surface area contributed by atoms with E-state index >= 15 is 0 Å². The van der Waals surface area contributed by atoms with Crippen molar-refractivity contribution >= 4 is 28.9 Å². The van der Waals surface area contributed by atoms with Crippen molar-refractivity contribution in [3.05, 3.63) is 0 Å². The van der Waals surface area contributed by atoms with Gasteiger partial charge in [-0.1, -0.05) is 0 Å². The molecule has 6 heteroatoms. The minimum absolute atomic E-state index is 0. The van der Waals surface area contributed by atoms with Gasteiger partial charge in [-0.25, -0.2) is 0 Å². The molecule has 0 spiro atoms. The smallest absolute Gasteiger partial charge is 0.300 e. The molecule has 0 atom stereocenters. The second kappa shape index (κ2) is 4.52. The largest absolute Gasteiger partial charge is 3.00 e. The molecule has 0 saturated heterocycles. The Morgan fingerprint density at radius 3 is 1.73 bits per heavy atom. The van der Waals surface area contributed by atoms with Crippen molar-refractivity contribution in [2.24, 2.45) is 0 Å². The Balaban J connectivity index is 0. The van der Waals surface area contributed by atoms with Crippen LogP contribution in [-0.4, -0.2) is 35.1 Å². The fourth-order valence-electron chi connectivity index (χ4n) is 0.326. The SMILES string of the molecule is CC(=O)CC(=O)C(F)(F)F.[Al+3]. The summed E-state index contributed by atoms with van der Waals surface area (Å²) in [6, 6.07) is 0. The number of hydrogen-bond acceptors (Lipinski definition) is 2. The molecule has 0 fully saturated rings. The Bertz CT molecular complexity index is 164. The number of carbonyl (C=O) groups excluding carboxylic acids is 2. The van der Waals surface area contributed by atoms with E-state index in [0.29, 0.717) is 0 Å². The van der Waals surface area contributed by atoms with Gasteiger partial charge in [0.2, 0.25) is 5.78 Å². The second-order valence-corrected chi connectivity index (χ2v) is 1.80. The topological polar surface area (TPSA) is 34.1 Å². The summed E-state index contributed by atoms with van der Waals surface area (Å²) < 4.78 is 33.9. The number of carbonyl (C=O) groups is 2. The fraction of sp³-hybridized carbons (Fsp3) is 0.600. The molecular weight excluding hydrogens is 176 g/mol. The molecular formula is C5H5AlF3O2+3. The van der Waals surface area contributed by atoms with E-state index in [1.807, 2.05) is 0 Å². The summed E-state index contributed by atoms with van der Waals surface area (Å²) in [5.41, 5.74) is 0. The first kappa shape index (κ1) is 13.3. The molecule has 11 heavy (non-hydrogen) atoms. The van der Waals surface area contributed by atoms with Gasteiger partial charge in [0.15, 0.2) is 0 Å². The van der Waals surface area contributed by atoms with E-state index in [0.717, 1.165) is 6.92 Å². The molecule has 2 nitrogen and oxygen atoms in total. The molecule has 0 radical (unpaired) electrons. The molecule has 0 aromatic heterocycles. The van der Waals surface area contributed by atoms with Crippen molar-refractivity contribution in [1.82, 2.24) is 0 Å². The van der Waals surface area contributed by atoms with Crippen molar-refractivity contribution < 1.29 is 22.8 Å². The Morgan fingerprint density at radius 2 is 1.64 bits per heavy atom. The third kappa shape index (κ3) is 6.08. The van der Waals surface area contributed by atoms with E-state index < -0.39 is 24.2 Å². The number of alkyl halides is 3. The number of hydrogen-bond donors (Lipinski definition) is 0. The van der Waals surface area contributed by atoms with Gasteiger partial charge in [0.05, 0.1) is 6.42 Å². The Labute approximate surface area is 71.9 Å². The van der Waals surface area contributed by atoms with Crippen LogP contribution in [-0.2, 0) is 9.59 Å².